The van der Waals surface area contributed by atoms with Crippen LogP contribution in [0.2, 0.25) is 5.02 Å². The second-order valence-corrected chi connectivity index (χ2v) is 10.6. The summed E-state index contributed by atoms with van der Waals surface area (Å²) in [5, 5.41) is 0.491. The largest absolute Gasteiger partial charge is 0.493 e. The minimum atomic E-state index is -3.70. The Morgan fingerprint density at radius 3 is 2.41 bits per heavy atom. The van der Waals surface area contributed by atoms with Crippen LogP contribution in [0.25, 0.3) is 0 Å². The van der Waals surface area contributed by atoms with Crippen molar-refractivity contribution in [3.05, 3.63) is 87.9 Å². The van der Waals surface area contributed by atoms with E-state index in [2.05, 4.69) is 40.8 Å². The van der Waals surface area contributed by atoms with Crippen molar-refractivity contribution in [3.8, 4) is 11.5 Å². The number of rotatable bonds is 8. The Bertz CT molecular complexity index is 1260. The lowest BCUT2D eigenvalue weighted by Gasteiger charge is -2.38. The van der Waals surface area contributed by atoms with Gasteiger partial charge in [0.25, 0.3) is 0 Å². The number of hydrogen-bond donors (Lipinski definition) is 1. The molecule has 3 aromatic rings. The van der Waals surface area contributed by atoms with E-state index in [1.54, 1.807) is 26.4 Å². The molecule has 0 amide bonds. The van der Waals surface area contributed by atoms with Crippen LogP contribution in [-0.2, 0) is 23.0 Å². The van der Waals surface area contributed by atoms with Crippen LogP contribution in [0, 0.1) is 6.92 Å². The number of methoxy groups -OCH3 is 2. The van der Waals surface area contributed by atoms with Gasteiger partial charge in [-0.3, -0.25) is 4.90 Å². The summed E-state index contributed by atoms with van der Waals surface area (Å²) in [7, 11) is -0.475. The van der Waals surface area contributed by atoms with Crippen LogP contribution in [0.3, 0.4) is 0 Å². The van der Waals surface area contributed by atoms with Gasteiger partial charge in [-0.15, -0.1) is 0 Å². The SMILES string of the molecule is COc1cc2c(cc1OC)C(CNS(=O)(=O)c1ccc(Cl)cc1)N(Cc1cccc(C)c1)CC2. The van der Waals surface area contributed by atoms with Gasteiger partial charge in [-0.2, -0.15) is 0 Å². The number of sulfonamides is 1. The van der Waals surface area contributed by atoms with Crippen LogP contribution in [-0.4, -0.2) is 40.6 Å². The van der Waals surface area contributed by atoms with Crippen LogP contribution < -0.4 is 14.2 Å². The van der Waals surface area contributed by atoms with E-state index in [1.807, 2.05) is 12.1 Å². The zero-order valence-corrected chi connectivity index (χ0v) is 21.1. The Kier molecular flexibility index (Phi) is 7.48. The molecule has 180 valence electrons. The third-order valence-corrected chi connectivity index (χ3v) is 7.86. The fraction of sp³-hybridized carbons (Fsp3) is 0.308. The normalized spacial score (nSPS) is 16.2. The Labute approximate surface area is 206 Å². The van der Waals surface area contributed by atoms with Crippen molar-refractivity contribution in [2.45, 2.75) is 30.8 Å². The van der Waals surface area contributed by atoms with Gasteiger partial charge >= 0.3 is 0 Å². The molecule has 0 spiro atoms. The smallest absolute Gasteiger partial charge is 0.240 e. The van der Waals surface area contributed by atoms with Crippen molar-refractivity contribution in [1.82, 2.24) is 9.62 Å². The number of aryl methyl sites for hydroxylation is 1. The summed E-state index contributed by atoms with van der Waals surface area (Å²) in [5.41, 5.74) is 4.56. The maximum Gasteiger partial charge on any atom is 0.240 e. The summed E-state index contributed by atoms with van der Waals surface area (Å²) in [6.07, 6.45) is 0.835. The van der Waals surface area contributed by atoms with Crippen molar-refractivity contribution >= 4 is 21.6 Å². The molecular weight excluding hydrogens is 472 g/mol. The average molecular weight is 501 g/mol. The van der Waals surface area contributed by atoms with Crippen LogP contribution in [0.1, 0.15) is 28.3 Å². The maximum atomic E-state index is 13.0. The van der Waals surface area contributed by atoms with Gasteiger partial charge in [0.05, 0.1) is 19.1 Å². The van der Waals surface area contributed by atoms with Gasteiger partial charge in [0, 0.05) is 30.7 Å². The molecule has 4 rings (SSSR count). The standard InChI is InChI=1S/C26H29ClN2O4S/c1-18-5-4-6-19(13-18)17-29-12-11-20-14-25(32-2)26(33-3)15-23(20)24(29)16-28-34(30,31)22-9-7-21(27)8-10-22/h4-10,13-15,24,28H,11-12,16-17H2,1-3H3. The van der Waals surface area contributed by atoms with E-state index in [4.69, 9.17) is 21.1 Å². The summed E-state index contributed by atoms with van der Waals surface area (Å²) in [4.78, 5) is 2.50. The van der Waals surface area contributed by atoms with Gasteiger partial charge < -0.3 is 9.47 Å². The van der Waals surface area contributed by atoms with E-state index in [1.165, 1.54) is 23.3 Å². The molecule has 6 nitrogen and oxygen atoms in total. The summed E-state index contributed by atoms with van der Waals surface area (Å²) in [6, 6.07) is 18.4. The average Bonchev–Trinajstić information content (AvgIpc) is 2.82. The molecule has 8 heteroatoms. The number of benzene rings is 3. The van der Waals surface area contributed by atoms with Crippen molar-refractivity contribution in [2.24, 2.45) is 0 Å². The highest BCUT2D eigenvalue weighted by atomic mass is 35.5. The molecule has 0 bridgehead atoms. The Balaban J connectivity index is 1.67. The first-order valence-electron chi connectivity index (χ1n) is 11.1. The lowest BCUT2D eigenvalue weighted by Crippen LogP contribution is -2.41. The summed E-state index contributed by atoms with van der Waals surface area (Å²) < 4.78 is 39.9. The molecule has 0 fully saturated rings. The van der Waals surface area contributed by atoms with Crippen molar-refractivity contribution < 1.29 is 17.9 Å². The number of ether oxygens (including phenoxy) is 2. The zero-order chi connectivity index (χ0) is 24.3. The zero-order valence-electron chi connectivity index (χ0n) is 19.5. The number of nitrogens with one attached hydrogen (secondary N) is 1. The molecule has 0 aliphatic carbocycles. The van der Waals surface area contributed by atoms with Crippen LogP contribution in [0.15, 0.2) is 65.6 Å². The Morgan fingerprint density at radius 2 is 1.74 bits per heavy atom. The molecule has 1 N–H and O–H groups in total. The fourth-order valence-electron chi connectivity index (χ4n) is 4.44. The van der Waals surface area contributed by atoms with E-state index in [0.29, 0.717) is 23.1 Å². The second kappa shape index (κ2) is 10.4. The van der Waals surface area contributed by atoms with Crippen molar-refractivity contribution in [2.75, 3.05) is 27.3 Å². The van der Waals surface area contributed by atoms with E-state index in [0.717, 1.165) is 24.1 Å². The number of fused-ring (bicyclic) bond motifs is 1. The molecule has 0 aromatic heterocycles. The minimum absolute atomic E-state index is 0.175. The van der Waals surface area contributed by atoms with Crippen LogP contribution in [0.5, 0.6) is 11.5 Å². The first-order chi connectivity index (χ1) is 16.3. The summed E-state index contributed by atoms with van der Waals surface area (Å²) in [6.45, 7) is 3.80. The quantitative estimate of drug-likeness (QED) is 0.483. The summed E-state index contributed by atoms with van der Waals surface area (Å²) in [5.74, 6) is 1.30. The third-order valence-electron chi connectivity index (χ3n) is 6.17. The number of hydrogen-bond acceptors (Lipinski definition) is 5. The predicted octanol–water partition coefficient (Wildman–Crippen LogP) is 4.74. The molecule has 0 saturated heterocycles. The molecule has 3 aromatic carbocycles. The number of halogens is 1. The highest BCUT2D eigenvalue weighted by Gasteiger charge is 2.30. The number of nitrogens with zero attached hydrogens (tertiary/aromatic N) is 1. The molecule has 1 unspecified atom stereocenters. The Hall–Kier alpha value is -2.58. The van der Waals surface area contributed by atoms with Gasteiger partial charge in [-0.25, -0.2) is 13.1 Å². The van der Waals surface area contributed by atoms with Crippen LogP contribution in [0.4, 0.5) is 0 Å². The highest BCUT2D eigenvalue weighted by molar-refractivity contribution is 7.89. The van der Waals surface area contributed by atoms with Crippen LogP contribution >= 0.6 is 11.6 Å². The van der Waals surface area contributed by atoms with Gasteiger partial charge in [0.1, 0.15) is 0 Å². The first-order valence-corrected chi connectivity index (χ1v) is 13.0. The lowest BCUT2D eigenvalue weighted by molar-refractivity contribution is 0.176. The van der Waals surface area contributed by atoms with Gasteiger partial charge in [0.2, 0.25) is 10.0 Å². The third kappa shape index (κ3) is 5.39. The molecule has 0 saturated carbocycles. The fourth-order valence-corrected chi connectivity index (χ4v) is 5.60. The Morgan fingerprint density at radius 1 is 1.03 bits per heavy atom. The molecule has 1 aliphatic rings. The summed E-state index contributed by atoms with van der Waals surface area (Å²) >= 11 is 5.93. The predicted molar refractivity (Wildman–Crippen MR) is 134 cm³/mol. The highest BCUT2D eigenvalue weighted by Crippen LogP contribution is 2.38. The monoisotopic (exact) mass is 500 g/mol. The topological polar surface area (TPSA) is 67.9 Å². The van der Waals surface area contributed by atoms with Gasteiger partial charge in [-0.1, -0.05) is 41.4 Å². The van der Waals surface area contributed by atoms with E-state index >= 15 is 0 Å². The molecule has 1 aliphatic heterocycles. The van der Waals surface area contributed by atoms with E-state index in [9.17, 15) is 8.42 Å². The minimum Gasteiger partial charge on any atom is -0.493 e. The molecule has 1 atom stereocenters. The maximum absolute atomic E-state index is 13.0. The first kappa shape index (κ1) is 24.5. The molecule has 34 heavy (non-hydrogen) atoms. The lowest BCUT2D eigenvalue weighted by atomic mass is 9.91. The van der Waals surface area contributed by atoms with Crippen molar-refractivity contribution in [1.29, 1.82) is 0 Å². The van der Waals surface area contributed by atoms with Gasteiger partial charge in [0.15, 0.2) is 11.5 Å². The molecule has 0 radical (unpaired) electrons. The van der Waals surface area contributed by atoms with Crippen molar-refractivity contribution in [3.63, 3.8) is 0 Å². The molecule has 1 heterocycles. The van der Waals surface area contributed by atoms with Gasteiger partial charge in [-0.05, 0) is 66.4 Å². The molecular formula is C26H29ClN2O4S. The van der Waals surface area contributed by atoms with E-state index in [-0.39, 0.29) is 17.5 Å². The van der Waals surface area contributed by atoms with E-state index < -0.39 is 10.0 Å². The second-order valence-electron chi connectivity index (χ2n) is 8.44.